The molecule has 0 radical (unpaired) electrons. The van der Waals surface area contributed by atoms with E-state index < -0.39 is 15.7 Å². The highest BCUT2D eigenvalue weighted by atomic mass is 127. The van der Waals surface area contributed by atoms with Crippen molar-refractivity contribution in [3.63, 3.8) is 0 Å². The monoisotopic (exact) mass is 398 g/mol. The summed E-state index contributed by atoms with van der Waals surface area (Å²) in [6.07, 6.45) is 0. The quantitative estimate of drug-likeness (QED) is 0.289. The lowest BCUT2D eigenvalue weighted by molar-refractivity contribution is 0.251. The number of nitrogens with one attached hydrogen (secondary N) is 4. The van der Waals surface area contributed by atoms with E-state index in [0.717, 1.165) is 0 Å². The number of urea groups is 2. The molecule has 0 saturated carbocycles. The fraction of sp³-hybridized carbons (Fsp3) is 0. The van der Waals surface area contributed by atoms with E-state index in [9.17, 15) is 9.59 Å². The molecule has 0 aromatic rings. The van der Waals surface area contributed by atoms with Crippen LogP contribution >= 0.6 is 45.7 Å². The van der Waals surface area contributed by atoms with Crippen molar-refractivity contribution in [1.82, 2.24) is 15.7 Å². The number of amides is 4. The molecule has 0 aliphatic heterocycles. The lowest BCUT2D eigenvalue weighted by Gasteiger charge is -2.01. The van der Waals surface area contributed by atoms with E-state index in [2.05, 4.69) is 15.7 Å². The third-order valence-corrected chi connectivity index (χ3v) is 2.65. The van der Waals surface area contributed by atoms with Gasteiger partial charge < -0.3 is 8.60 Å². The number of carbonyl (C=O) groups is 2. The zero-order valence-corrected chi connectivity index (χ0v) is 11.0. The Kier molecular flexibility index (Phi) is 7.54. The predicted molar refractivity (Wildman–Crippen MR) is 58.5 cm³/mol. The van der Waals surface area contributed by atoms with Crippen molar-refractivity contribution in [1.29, 1.82) is 0 Å². The second kappa shape index (κ2) is 7.20. The van der Waals surface area contributed by atoms with Gasteiger partial charge in [0.15, 0.2) is 0 Å². The van der Waals surface area contributed by atoms with Crippen LogP contribution in [0.2, 0.25) is 0 Å². The van der Waals surface area contributed by atoms with Crippen LogP contribution in [0.3, 0.4) is 0 Å². The molecule has 0 saturated heterocycles. The zero-order chi connectivity index (χ0) is 8.69. The lowest BCUT2D eigenvalue weighted by Crippen LogP contribution is -2.45. The van der Waals surface area contributed by atoms with Gasteiger partial charge >= 0.3 is 27.7 Å². The highest BCUT2D eigenvalue weighted by Crippen LogP contribution is 1.70. The maximum Gasteiger partial charge on any atom is 0.551 e. The molecule has 9 heteroatoms. The summed E-state index contributed by atoms with van der Waals surface area (Å²) in [5.41, 5.74) is 0. The smallest absolute Gasteiger partial charge is 0.412 e. The minimum atomic E-state index is -1.04. The van der Waals surface area contributed by atoms with Crippen LogP contribution in [0.1, 0.15) is 0 Å². The third kappa shape index (κ3) is 6.91. The van der Waals surface area contributed by atoms with Crippen LogP contribution in [0.15, 0.2) is 0 Å². The Labute approximate surface area is 97.8 Å². The average Bonchev–Trinajstić information content (AvgIpc) is 2.04. The van der Waals surface area contributed by atoms with Crippen molar-refractivity contribution in [2.24, 2.45) is 0 Å². The van der Waals surface area contributed by atoms with Crippen LogP contribution in [0.5, 0.6) is 0 Å². The number of hydrogen-bond donors (Lipinski definition) is 4. The third-order valence-electron chi connectivity index (χ3n) is 0.670. The van der Waals surface area contributed by atoms with Gasteiger partial charge in [0.1, 0.15) is 0 Å². The molecule has 0 aromatic heterocycles. The molecular formula is C2H5AlI2N4O2. The van der Waals surface area contributed by atoms with Crippen LogP contribution in [0, 0.1) is 0 Å². The summed E-state index contributed by atoms with van der Waals surface area (Å²) in [6.45, 7) is 0. The summed E-state index contributed by atoms with van der Waals surface area (Å²) in [6, 6.07) is -0.572. The molecule has 0 heterocycles. The molecule has 0 aromatic carbocycles. The van der Waals surface area contributed by atoms with Gasteiger partial charge in [0.2, 0.25) is 0 Å². The maximum absolute atomic E-state index is 10.5. The Morgan fingerprint density at radius 2 is 1.36 bits per heavy atom. The van der Waals surface area contributed by atoms with Crippen LogP contribution < -0.4 is 15.7 Å². The molecule has 0 fully saturated rings. The molecule has 0 spiro atoms. The summed E-state index contributed by atoms with van der Waals surface area (Å²) in [5.74, 6) is 0. The molecule has 6 nitrogen and oxygen atoms in total. The highest BCUT2D eigenvalue weighted by Gasteiger charge is 2.02. The molecule has 11 heavy (non-hydrogen) atoms. The Hall–Kier alpha value is 0.532. The Morgan fingerprint density at radius 3 is 1.64 bits per heavy atom. The van der Waals surface area contributed by atoms with Gasteiger partial charge in [-0.15, -0.1) is 0 Å². The van der Waals surface area contributed by atoms with Crippen LogP contribution in [-0.2, 0) is 0 Å². The number of hydrogen-bond acceptors (Lipinski definition) is 2. The predicted octanol–water partition coefficient (Wildman–Crippen LogP) is -0.449. The second-order valence-electron chi connectivity index (χ2n) is 1.38. The highest BCUT2D eigenvalue weighted by molar-refractivity contribution is 14.1. The largest absolute Gasteiger partial charge is 0.551 e. The second-order valence-corrected chi connectivity index (χ2v) is 3.52. The van der Waals surface area contributed by atoms with Gasteiger partial charge in [0.25, 0.3) is 0 Å². The standard InChI is InChI=1S/2CH3IN2O.Al.H/c2*2-4-1(3)5;;/h2*(H3,3,4,5);;/q;;+2;/p-2. The fourth-order valence-electron chi connectivity index (χ4n) is 0.272. The van der Waals surface area contributed by atoms with E-state index in [4.69, 9.17) is 0 Å². The molecule has 4 amide bonds. The minimum Gasteiger partial charge on any atom is -0.412 e. The van der Waals surface area contributed by atoms with E-state index in [-0.39, 0.29) is 12.1 Å². The van der Waals surface area contributed by atoms with Gasteiger partial charge in [0.05, 0.1) is 45.7 Å². The summed E-state index contributed by atoms with van der Waals surface area (Å²) >= 11 is 2.38. The Morgan fingerprint density at radius 1 is 1.00 bits per heavy atom. The number of halogens is 2. The van der Waals surface area contributed by atoms with Gasteiger partial charge in [-0.3, -0.25) is 16.6 Å². The van der Waals surface area contributed by atoms with E-state index in [1.807, 2.05) is 0 Å². The summed E-state index contributed by atoms with van der Waals surface area (Å²) in [7, 11) is 0. The van der Waals surface area contributed by atoms with E-state index in [1.54, 1.807) is 45.7 Å². The van der Waals surface area contributed by atoms with Crippen molar-refractivity contribution in [2.75, 3.05) is 0 Å². The van der Waals surface area contributed by atoms with Crippen LogP contribution in [-0.4, -0.2) is 27.7 Å². The van der Waals surface area contributed by atoms with Gasteiger partial charge in [0, 0.05) is 0 Å². The summed E-state index contributed by atoms with van der Waals surface area (Å²) in [4.78, 5) is 21.0. The van der Waals surface area contributed by atoms with E-state index in [1.165, 1.54) is 0 Å². The SMILES string of the molecule is O=C(NI)[NH][AlH][NH]C(=O)NI. The Balaban J connectivity index is 3.27. The van der Waals surface area contributed by atoms with Crippen molar-refractivity contribution in [3.8, 4) is 0 Å². The first-order valence-electron chi connectivity index (χ1n) is 2.49. The minimum absolute atomic E-state index is 0.286. The molecule has 0 bridgehead atoms. The first-order chi connectivity index (χ1) is 5.20. The normalized spacial score (nSPS) is 7.82. The molecule has 0 aliphatic rings. The van der Waals surface area contributed by atoms with Gasteiger partial charge in [-0.25, -0.2) is 0 Å². The van der Waals surface area contributed by atoms with Crippen LogP contribution in [0.25, 0.3) is 0 Å². The molecular weight excluding hydrogens is 393 g/mol. The average molecular weight is 398 g/mol. The van der Waals surface area contributed by atoms with Gasteiger partial charge in [-0.1, -0.05) is 0 Å². The molecule has 0 unspecified atom stereocenters. The number of rotatable bonds is 2. The molecule has 0 rings (SSSR count). The van der Waals surface area contributed by atoms with Crippen molar-refractivity contribution < 1.29 is 9.59 Å². The van der Waals surface area contributed by atoms with Gasteiger partial charge in [-0.2, -0.15) is 0 Å². The van der Waals surface area contributed by atoms with Crippen molar-refractivity contribution in [3.05, 3.63) is 0 Å². The summed E-state index contributed by atoms with van der Waals surface area (Å²) in [5, 5.41) is 0. The van der Waals surface area contributed by atoms with Crippen molar-refractivity contribution >= 4 is 73.5 Å². The summed E-state index contributed by atoms with van der Waals surface area (Å²) < 4.78 is 9.68. The molecule has 0 atom stereocenters. The fourth-order valence-corrected chi connectivity index (χ4v) is 1.96. The van der Waals surface area contributed by atoms with Gasteiger partial charge in [-0.05, 0) is 0 Å². The zero-order valence-electron chi connectivity index (χ0n) is 5.28. The topological polar surface area (TPSA) is 82.3 Å². The number of carbonyl (C=O) groups excluding carboxylic acids is 2. The first-order valence-corrected chi connectivity index (χ1v) is 6.07. The van der Waals surface area contributed by atoms with E-state index in [0.29, 0.717) is 0 Å². The molecule has 0 aliphatic carbocycles. The first kappa shape index (κ1) is 11.5. The van der Waals surface area contributed by atoms with Crippen LogP contribution in [0.4, 0.5) is 9.59 Å². The van der Waals surface area contributed by atoms with Crippen molar-refractivity contribution in [2.45, 2.75) is 0 Å². The van der Waals surface area contributed by atoms with E-state index >= 15 is 0 Å². The molecule has 4 N–H and O–H groups in total. The lowest BCUT2D eigenvalue weighted by atomic mass is 11.2. The molecule has 62 valence electrons. The Bertz CT molecular complexity index is 139. The maximum atomic E-state index is 10.5.